The van der Waals surface area contributed by atoms with Crippen LogP contribution >= 0.6 is 11.8 Å². The Kier molecular flexibility index (Phi) is 5.39. The van der Waals surface area contributed by atoms with Crippen LogP contribution in [-0.4, -0.2) is 18.8 Å². The van der Waals surface area contributed by atoms with Crippen LogP contribution in [0.15, 0.2) is 71.6 Å². The number of amides is 1. The molecule has 0 saturated heterocycles. The topological polar surface area (TPSA) is 38.3 Å². The highest BCUT2D eigenvalue weighted by atomic mass is 32.2. The van der Waals surface area contributed by atoms with Gasteiger partial charge in [-0.25, -0.2) is 0 Å². The molecule has 24 heavy (non-hydrogen) atoms. The molecule has 0 aliphatic heterocycles. The molecular formula is C20H19NO2S. The van der Waals surface area contributed by atoms with Crippen LogP contribution in [0.3, 0.4) is 0 Å². The number of carbonyl (C=O) groups excluding carboxylic acids is 1. The van der Waals surface area contributed by atoms with Crippen LogP contribution < -0.4 is 10.1 Å². The molecule has 0 aliphatic rings. The molecule has 0 fully saturated rings. The lowest BCUT2D eigenvalue weighted by Gasteiger charge is -2.09. The maximum Gasteiger partial charge on any atom is 0.258 e. The Bertz CT molecular complexity index is 830. The fourth-order valence-corrected chi connectivity index (χ4v) is 2.81. The average Bonchev–Trinajstić information content (AvgIpc) is 2.65. The number of carbonyl (C=O) groups is 1. The lowest BCUT2D eigenvalue weighted by Crippen LogP contribution is -2.28. The molecule has 1 N–H and O–H groups in total. The number of hydrogen-bond acceptors (Lipinski definition) is 3. The molecule has 3 aromatic carbocycles. The third-order valence-electron chi connectivity index (χ3n) is 3.74. The predicted octanol–water partition coefficient (Wildman–Crippen LogP) is 4.26. The molecule has 0 atom stereocenters. The Morgan fingerprint density at radius 3 is 2.50 bits per heavy atom. The number of benzene rings is 3. The zero-order valence-corrected chi connectivity index (χ0v) is 14.3. The average molecular weight is 337 g/mol. The van der Waals surface area contributed by atoms with E-state index in [9.17, 15) is 4.79 Å². The van der Waals surface area contributed by atoms with Gasteiger partial charge in [-0.15, -0.1) is 11.8 Å². The molecule has 1 amide bonds. The lowest BCUT2D eigenvalue weighted by molar-refractivity contribution is -0.123. The summed E-state index contributed by atoms with van der Waals surface area (Å²) in [4.78, 5) is 13.1. The molecule has 0 aliphatic carbocycles. The lowest BCUT2D eigenvalue weighted by atomic mass is 10.1. The van der Waals surface area contributed by atoms with E-state index in [1.54, 1.807) is 11.8 Å². The fourth-order valence-electron chi connectivity index (χ4n) is 2.40. The summed E-state index contributed by atoms with van der Waals surface area (Å²) >= 11 is 1.70. The highest BCUT2D eigenvalue weighted by molar-refractivity contribution is 7.98. The van der Waals surface area contributed by atoms with Gasteiger partial charge < -0.3 is 10.1 Å². The van der Waals surface area contributed by atoms with Crippen molar-refractivity contribution in [2.24, 2.45) is 0 Å². The smallest absolute Gasteiger partial charge is 0.258 e. The van der Waals surface area contributed by atoms with Gasteiger partial charge >= 0.3 is 0 Å². The normalized spacial score (nSPS) is 10.5. The Balaban J connectivity index is 1.50. The molecule has 0 heterocycles. The summed E-state index contributed by atoms with van der Waals surface area (Å²) < 4.78 is 5.59. The molecule has 122 valence electrons. The number of ether oxygens (including phenoxy) is 1. The summed E-state index contributed by atoms with van der Waals surface area (Å²) in [5, 5.41) is 5.13. The summed E-state index contributed by atoms with van der Waals surface area (Å²) in [6, 6.07) is 22.1. The van der Waals surface area contributed by atoms with Crippen molar-refractivity contribution in [1.82, 2.24) is 5.32 Å². The summed E-state index contributed by atoms with van der Waals surface area (Å²) in [7, 11) is 0. The second kappa shape index (κ2) is 7.88. The first kappa shape index (κ1) is 16.4. The molecule has 3 rings (SSSR count). The van der Waals surface area contributed by atoms with Crippen LogP contribution in [0.1, 0.15) is 5.56 Å². The van der Waals surface area contributed by atoms with Gasteiger partial charge in [0.25, 0.3) is 5.91 Å². The van der Waals surface area contributed by atoms with Crippen LogP contribution in [-0.2, 0) is 11.3 Å². The van der Waals surface area contributed by atoms with E-state index in [1.807, 2.05) is 60.9 Å². The number of thioether (sulfide) groups is 1. The van der Waals surface area contributed by atoms with Crippen molar-refractivity contribution in [2.45, 2.75) is 11.4 Å². The SMILES string of the molecule is CSc1ccc(CNC(=O)COc2ccc3ccccc3c2)cc1. The van der Waals surface area contributed by atoms with Crippen LogP contribution in [0.2, 0.25) is 0 Å². The van der Waals surface area contributed by atoms with Crippen molar-refractivity contribution in [3.8, 4) is 5.75 Å². The van der Waals surface area contributed by atoms with Crippen LogP contribution in [0.4, 0.5) is 0 Å². The van der Waals surface area contributed by atoms with Gasteiger partial charge in [-0.1, -0.05) is 42.5 Å². The summed E-state index contributed by atoms with van der Waals surface area (Å²) in [5.41, 5.74) is 1.08. The highest BCUT2D eigenvalue weighted by Crippen LogP contribution is 2.20. The number of nitrogens with one attached hydrogen (secondary N) is 1. The van der Waals surface area contributed by atoms with E-state index in [2.05, 4.69) is 17.4 Å². The Morgan fingerprint density at radius 2 is 1.75 bits per heavy atom. The highest BCUT2D eigenvalue weighted by Gasteiger charge is 2.04. The summed E-state index contributed by atoms with van der Waals surface area (Å²) in [6.07, 6.45) is 2.04. The second-order valence-corrected chi connectivity index (χ2v) is 6.30. The molecule has 3 aromatic rings. The van der Waals surface area contributed by atoms with E-state index in [-0.39, 0.29) is 12.5 Å². The first-order valence-electron chi connectivity index (χ1n) is 7.76. The van der Waals surface area contributed by atoms with Crippen LogP contribution in [0, 0.1) is 0 Å². The first-order chi connectivity index (χ1) is 11.7. The minimum absolute atomic E-state index is 0.0151. The summed E-state index contributed by atoms with van der Waals surface area (Å²) in [5.74, 6) is 0.574. The fraction of sp³-hybridized carbons (Fsp3) is 0.150. The van der Waals surface area contributed by atoms with E-state index in [0.29, 0.717) is 12.3 Å². The third-order valence-corrected chi connectivity index (χ3v) is 4.48. The molecule has 4 heteroatoms. The molecule has 0 aromatic heterocycles. The van der Waals surface area contributed by atoms with Crippen molar-refractivity contribution in [2.75, 3.05) is 12.9 Å². The van der Waals surface area contributed by atoms with E-state index in [4.69, 9.17) is 4.74 Å². The van der Waals surface area contributed by atoms with Crippen molar-refractivity contribution in [3.63, 3.8) is 0 Å². The van der Waals surface area contributed by atoms with Crippen LogP contribution in [0.5, 0.6) is 5.75 Å². The Morgan fingerprint density at radius 1 is 1.00 bits per heavy atom. The van der Waals surface area contributed by atoms with Crippen molar-refractivity contribution < 1.29 is 9.53 Å². The Labute approximate surface area is 146 Å². The van der Waals surface area contributed by atoms with Gasteiger partial charge in [0.15, 0.2) is 6.61 Å². The minimum atomic E-state index is -0.128. The number of fused-ring (bicyclic) bond motifs is 1. The van der Waals surface area contributed by atoms with Crippen LogP contribution in [0.25, 0.3) is 10.8 Å². The Hall–Kier alpha value is -2.46. The maximum absolute atomic E-state index is 11.9. The zero-order chi connectivity index (χ0) is 16.8. The third kappa shape index (κ3) is 4.30. The standard InChI is InChI=1S/C20H19NO2S/c1-24-19-10-6-15(7-11-19)13-21-20(22)14-23-18-9-8-16-4-2-3-5-17(16)12-18/h2-12H,13-14H2,1H3,(H,21,22). The van der Waals surface area contributed by atoms with Gasteiger partial charge in [-0.05, 0) is 46.9 Å². The second-order valence-electron chi connectivity index (χ2n) is 5.42. The quantitative estimate of drug-likeness (QED) is 0.683. The van der Waals surface area contributed by atoms with E-state index >= 15 is 0 Å². The molecule has 0 bridgehead atoms. The molecule has 0 saturated carbocycles. The van der Waals surface area contributed by atoms with Crippen molar-refractivity contribution >= 4 is 28.4 Å². The molecular weight excluding hydrogens is 318 g/mol. The molecule has 3 nitrogen and oxygen atoms in total. The van der Waals surface area contributed by atoms with Gasteiger partial charge in [0.1, 0.15) is 5.75 Å². The van der Waals surface area contributed by atoms with Gasteiger partial charge in [-0.2, -0.15) is 0 Å². The molecule has 0 spiro atoms. The number of hydrogen-bond donors (Lipinski definition) is 1. The monoisotopic (exact) mass is 337 g/mol. The van der Waals surface area contributed by atoms with Gasteiger partial charge in [0.2, 0.25) is 0 Å². The molecule has 0 radical (unpaired) electrons. The predicted molar refractivity (Wildman–Crippen MR) is 99.5 cm³/mol. The van der Waals surface area contributed by atoms with E-state index in [0.717, 1.165) is 16.3 Å². The number of rotatable bonds is 6. The van der Waals surface area contributed by atoms with Gasteiger partial charge in [-0.3, -0.25) is 4.79 Å². The summed E-state index contributed by atoms with van der Waals surface area (Å²) in [6.45, 7) is 0.524. The first-order valence-corrected chi connectivity index (χ1v) is 8.98. The largest absolute Gasteiger partial charge is 0.484 e. The van der Waals surface area contributed by atoms with Gasteiger partial charge in [0, 0.05) is 11.4 Å². The van der Waals surface area contributed by atoms with Crippen molar-refractivity contribution in [1.29, 1.82) is 0 Å². The van der Waals surface area contributed by atoms with Gasteiger partial charge in [0.05, 0.1) is 0 Å². The van der Waals surface area contributed by atoms with Crippen molar-refractivity contribution in [3.05, 3.63) is 72.3 Å². The minimum Gasteiger partial charge on any atom is -0.484 e. The van der Waals surface area contributed by atoms with E-state index in [1.165, 1.54) is 4.90 Å². The maximum atomic E-state index is 11.9. The zero-order valence-electron chi connectivity index (χ0n) is 13.5. The van der Waals surface area contributed by atoms with E-state index < -0.39 is 0 Å². The molecule has 0 unspecified atom stereocenters.